The molecule has 0 radical (unpaired) electrons. The third-order valence-electron chi connectivity index (χ3n) is 4.46. The Morgan fingerprint density at radius 1 is 1.24 bits per heavy atom. The highest BCUT2D eigenvalue weighted by Gasteiger charge is 2.38. The summed E-state index contributed by atoms with van der Waals surface area (Å²) in [6, 6.07) is 14.5. The van der Waals surface area contributed by atoms with Crippen molar-refractivity contribution in [3.63, 3.8) is 0 Å². The number of thioether (sulfide) groups is 1. The molecule has 2 aliphatic rings. The number of nitrogens with zero attached hydrogens (tertiary/aromatic N) is 3. The molecule has 2 aromatic carbocycles. The van der Waals surface area contributed by atoms with Gasteiger partial charge in [-0.25, -0.2) is 0 Å². The Hall–Kier alpha value is -2.78. The third-order valence-corrected chi connectivity index (χ3v) is 5.95. The van der Waals surface area contributed by atoms with E-state index in [1.165, 1.54) is 11.8 Å². The molecule has 0 spiro atoms. The van der Waals surface area contributed by atoms with Gasteiger partial charge in [0.05, 0.1) is 18.6 Å². The van der Waals surface area contributed by atoms with Gasteiger partial charge >= 0.3 is 0 Å². The molecule has 0 bridgehead atoms. The van der Waals surface area contributed by atoms with Gasteiger partial charge in [-0.2, -0.15) is 5.10 Å². The number of methoxy groups -OCH3 is 1. The first-order valence-electron chi connectivity index (χ1n) is 8.75. The number of hydrogen-bond acceptors (Lipinski definition) is 7. The Labute approximate surface area is 180 Å². The molecular formula is C20H17BrN4O3S. The molecule has 0 saturated heterocycles. The van der Waals surface area contributed by atoms with E-state index in [0.717, 1.165) is 4.47 Å². The minimum Gasteiger partial charge on any atom is -0.497 e. The fourth-order valence-corrected chi connectivity index (χ4v) is 4.07. The van der Waals surface area contributed by atoms with Crippen LogP contribution in [-0.2, 0) is 4.79 Å². The van der Waals surface area contributed by atoms with Gasteiger partial charge in [0.25, 0.3) is 5.91 Å². The highest BCUT2D eigenvalue weighted by atomic mass is 79.9. The number of nitrogens with one attached hydrogen (secondary N) is 1. The second kappa shape index (κ2) is 8.30. The Kier molecular flexibility index (Phi) is 5.59. The predicted octanol–water partition coefficient (Wildman–Crippen LogP) is 3.39. The Morgan fingerprint density at radius 2 is 2.03 bits per heavy atom. The van der Waals surface area contributed by atoms with Crippen molar-refractivity contribution in [2.45, 2.75) is 6.17 Å². The first-order chi connectivity index (χ1) is 14.1. The minimum atomic E-state index is -0.642. The molecule has 1 unspecified atom stereocenters. The second-order valence-corrected chi connectivity index (χ2v) is 8.12. The summed E-state index contributed by atoms with van der Waals surface area (Å²) in [5.41, 5.74) is 4.20. The number of amidine groups is 1. The number of Topliss-reactive ketones (excluding diaryl/α,β-unsaturated/α-hetero) is 1. The van der Waals surface area contributed by atoms with E-state index in [9.17, 15) is 9.59 Å². The molecule has 2 aliphatic heterocycles. The summed E-state index contributed by atoms with van der Waals surface area (Å²) in [6.07, 6.45) is 2.82. The molecule has 0 saturated carbocycles. The van der Waals surface area contributed by atoms with E-state index in [1.807, 2.05) is 30.3 Å². The van der Waals surface area contributed by atoms with Gasteiger partial charge in [0.15, 0.2) is 11.0 Å². The lowest BCUT2D eigenvalue weighted by Gasteiger charge is -2.32. The standard InChI is InChI=1S/C20H17BrN4O3S/c1-28-16-4-2-3-15(11-16)24-9-10-25-18(19(24)27)22-23-20(25)29-12-17(26)13-5-7-14(21)8-6-13/h2-11,18,22H,12H2,1H3. The van der Waals surface area contributed by atoms with Crippen molar-refractivity contribution >= 4 is 50.2 Å². The van der Waals surface area contributed by atoms with Crippen molar-refractivity contribution in [1.29, 1.82) is 0 Å². The number of rotatable bonds is 5. The Balaban J connectivity index is 1.43. The van der Waals surface area contributed by atoms with Crippen LogP contribution < -0.4 is 15.1 Å². The highest BCUT2D eigenvalue weighted by Crippen LogP contribution is 2.28. The number of carbonyl (C=O) groups excluding carboxylic acids is 2. The highest BCUT2D eigenvalue weighted by molar-refractivity contribution is 9.10. The van der Waals surface area contributed by atoms with E-state index in [2.05, 4.69) is 26.5 Å². The van der Waals surface area contributed by atoms with Crippen molar-refractivity contribution in [2.75, 3.05) is 17.8 Å². The lowest BCUT2D eigenvalue weighted by molar-refractivity contribution is -0.122. The van der Waals surface area contributed by atoms with Crippen LogP contribution in [0, 0.1) is 0 Å². The van der Waals surface area contributed by atoms with Crippen LogP contribution in [0.25, 0.3) is 0 Å². The lowest BCUT2D eigenvalue weighted by Crippen LogP contribution is -2.52. The summed E-state index contributed by atoms with van der Waals surface area (Å²) in [7, 11) is 1.58. The van der Waals surface area contributed by atoms with Crippen LogP contribution in [0.1, 0.15) is 10.4 Å². The smallest absolute Gasteiger partial charge is 0.276 e. The maximum Gasteiger partial charge on any atom is 0.276 e. The van der Waals surface area contributed by atoms with E-state index in [4.69, 9.17) is 4.74 Å². The molecule has 9 heteroatoms. The topological polar surface area (TPSA) is 74.2 Å². The lowest BCUT2D eigenvalue weighted by atomic mass is 10.2. The molecule has 0 aromatic heterocycles. The van der Waals surface area contributed by atoms with Crippen LogP contribution in [-0.4, -0.2) is 40.8 Å². The Morgan fingerprint density at radius 3 is 2.79 bits per heavy atom. The zero-order valence-corrected chi connectivity index (χ0v) is 17.8. The third kappa shape index (κ3) is 4.01. The van der Waals surface area contributed by atoms with Gasteiger partial charge in [0.2, 0.25) is 6.17 Å². The summed E-state index contributed by atoms with van der Waals surface area (Å²) in [6.45, 7) is 0. The number of benzene rings is 2. The minimum absolute atomic E-state index is 0.000951. The van der Waals surface area contributed by atoms with Gasteiger partial charge < -0.3 is 4.74 Å². The normalized spacial score (nSPS) is 17.7. The van der Waals surface area contributed by atoms with E-state index >= 15 is 0 Å². The molecule has 2 heterocycles. The van der Waals surface area contributed by atoms with Gasteiger partial charge in [0, 0.05) is 28.5 Å². The van der Waals surface area contributed by atoms with Crippen LogP contribution in [0.2, 0.25) is 0 Å². The number of carbonyl (C=O) groups is 2. The van der Waals surface area contributed by atoms with Gasteiger partial charge in [-0.3, -0.25) is 24.8 Å². The quantitative estimate of drug-likeness (QED) is 0.672. The van der Waals surface area contributed by atoms with Crippen molar-refractivity contribution < 1.29 is 14.3 Å². The number of fused-ring (bicyclic) bond motifs is 1. The monoisotopic (exact) mass is 472 g/mol. The molecule has 4 rings (SSSR count). The summed E-state index contributed by atoms with van der Waals surface area (Å²) >= 11 is 4.65. The molecule has 0 aliphatic carbocycles. The summed E-state index contributed by atoms with van der Waals surface area (Å²) in [5, 5.41) is 4.82. The van der Waals surface area contributed by atoms with Gasteiger partial charge in [-0.05, 0) is 24.3 Å². The van der Waals surface area contributed by atoms with Gasteiger partial charge in [-0.1, -0.05) is 45.9 Å². The molecular weight excluding hydrogens is 456 g/mol. The molecule has 1 N–H and O–H groups in total. The van der Waals surface area contributed by atoms with Crippen molar-refractivity contribution in [3.8, 4) is 5.75 Å². The van der Waals surface area contributed by atoms with Gasteiger partial charge in [0.1, 0.15) is 5.75 Å². The maximum absolute atomic E-state index is 12.9. The van der Waals surface area contributed by atoms with Crippen LogP contribution in [0.5, 0.6) is 5.75 Å². The van der Waals surface area contributed by atoms with Crippen LogP contribution >= 0.6 is 27.7 Å². The number of hydrazone groups is 1. The van der Waals surface area contributed by atoms with Gasteiger partial charge in [-0.15, -0.1) is 0 Å². The van der Waals surface area contributed by atoms with Crippen LogP contribution in [0.4, 0.5) is 5.69 Å². The zero-order chi connectivity index (χ0) is 20.4. The summed E-state index contributed by atoms with van der Waals surface area (Å²) < 4.78 is 6.16. The number of ether oxygens (including phenoxy) is 1. The SMILES string of the molecule is COc1cccc(N2C=CN3C(SCC(=O)c4ccc(Br)cc4)=NNC3C2=O)c1. The average molecular weight is 473 g/mol. The molecule has 1 amide bonds. The molecule has 2 aromatic rings. The number of anilines is 1. The fourth-order valence-electron chi connectivity index (χ4n) is 2.94. The number of hydrogen-bond donors (Lipinski definition) is 1. The van der Waals surface area contributed by atoms with E-state index in [0.29, 0.717) is 22.2 Å². The van der Waals surface area contributed by atoms with Crippen molar-refractivity contribution in [3.05, 3.63) is 71.0 Å². The largest absolute Gasteiger partial charge is 0.497 e. The van der Waals surface area contributed by atoms with Crippen molar-refractivity contribution in [2.24, 2.45) is 5.10 Å². The molecule has 148 valence electrons. The maximum atomic E-state index is 12.9. The number of amides is 1. The zero-order valence-electron chi connectivity index (χ0n) is 15.4. The van der Waals surface area contributed by atoms with Crippen molar-refractivity contribution in [1.82, 2.24) is 10.3 Å². The average Bonchev–Trinajstić information content (AvgIpc) is 3.17. The number of halogens is 1. The summed E-state index contributed by atoms with van der Waals surface area (Å²) in [5.74, 6) is 0.732. The first kappa shape index (κ1) is 19.5. The van der Waals surface area contributed by atoms with E-state index < -0.39 is 6.17 Å². The predicted molar refractivity (Wildman–Crippen MR) is 117 cm³/mol. The molecule has 1 atom stereocenters. The molecule has 29 heavy (non-hydrogen) atoms. The Bertz CT molecular complexity index is 1010. The summed E-state index contributed by atoms with van der Waals surface area (Å²) in [4.78, 5) is 28.6. The molecule has 7 nitrogen and oxygen atoms in total. The van der Waals surface area contributed by atoms with Crippen LogP contribution in [0.3, 0.4) is 0 Å². The molecule has 0 fully saturated rings. The van der Waals surface area contributed by atoms with E-state index in [1.54, 1.807) is 47.5 Å². The van der Waals surface area contributed by atoms with Crippen LogP contribution in [0.15, 0.2) is 70.5 Å². The first-order valence-corrected chi connectivity index (χ1v) is 10.5. The number of ketones is 1. The van der Waals surface area contributed by atoms with E-state index in [-0.39, 0.29) is 17.4 Å². The fraction of sp³-hybridized carbons (Fsp3) is 0.150. The second-order valence-electron chi connectivity index (χ2n) is 6.26.